The van der Waals surface area contributed by atoms with Gasteiger partial charge in [-0.15, -0.1) is 0 Å². The van der Waals surface area contributed by atoms with Gasteiger partial charge in [0.05, 0.1) is 19.3 Å². The molecule has 0 saturated carbocycles. The van der Waals surface area contributed by atoms with Gasteiger partial charge < -0.3 is 10.1 Å². The van der Waals surface area contributed by atoms with Crippen LogP contribution in [0.1, 0.15) is 12.8 Å². The van der Waals surface area contributed by atoms with Crippen LogP contribution in [-0.2, 0) is 21.3 Å². The van der Waals surface area contributed by atoms with Gasteiger partial charge >= 0.3 is 0 Å². The highest BCUT2D eigenvalue weighted by Crippen LogP contribution is 2.12. The second-order valence-electron chi connectivity index (χ2n) is 4.58. The molecule has 1 unspecified atom stereocenters. The Hall–Kier alpha value is -0.960. The van der Waals surface area contributed by atoms with E-state index >= 15 is 0 Å². The number of hydrogen-bond acceptors (Lipinski definition) is 5. The molecular weight excluding hydrogens is 268 g/mol. The molecule has 1 atom stereocenters. The van der Waals surface area contributed by atoms with Crippen LogP contribution in [0.2, 0.25) is 0 Å². The van der Waals surface area contributed by atoms with Crippen LogP contribution in [0.3, 0.4) is 0 Å². The molecule has 0 amide bonds. The fourth-order valence-electron chi connectivity index (χ4n) is 1.95. The van der Waals surface area contributed by atoms with Crippen molar-refractivity contribution in [1.82, 2.24) is 19.8 Å². The maximum absolute atomic E-state index is 12.2. The molecule has 1 saturated heterocycles. The molecule has 2 N–H and O–H groups in total. The zero-order valence-corrected chi connectivity index (χ0v) is 11.8. The van der Waals surface area contributed by atoms with E-state index in [1.807, 2.05) is 7.05 Å². The molecule has 1 fully saturated rings. The minimum absolute atomic E-state index is 0.139. The van der Waals surface area contributed by atoms with Crippen LogP contribution in [0.5, 0.6) is 0 Å². The van der Waals surface area contributed by atoms with Crippen LogP contribution in [0.15, 0.2) is 17.3 Å². The van der Waals surface area contributed by atoms with Crippen molar-refractivity contribution in [3.63, 3.8) is 0 Å². The van der Waals surface area contributed by atoms with Gasteiger partial charge in [-0.05, 0) is 19.9 Å². The fourth-order valence-corrected chi connectivity index (χ4v) is 3.16. The molecule has 0 spiro atoms. The Morgan fingerprint density at radius 2 is 2.42 bits per heavy atom. The summed E-state index contributed by atoms with van der Waals surface area (Å²) in [7, 11) is -1.66. The number of likely N-dealkylation sites (N-methyl/N-ethyl adjacent to an activating group) is 1. The van der Waals surface area contributed by atoms with E-state index in [0.29, 0.717) is 19.8 Å². The molecule has 2 heterocycles. The molecule has 1 aromatic heterocycles. The normalized spacial score (nSPS) is 20.6. The standard InChI is InChI=1S/C11H20N4O3S/c1-12-4-5-15-8-11(7-13-15)19(16,17)14-10-3-2-6-18-9-10/h7-8,10,12,14H,2-6,9H2,1H3. The Morgan fingerprint density at radius 3 is 3.11 bits per heavy atom. The van der Waals surface area contributed by atoms with E-state index < -0.39 is 10.0 Å². The van der Waals surface area contributed by atoms with Gasteiger partial charge in [0.25, 0.3) is 0 Å². The number of rotatable bonds is 6. The predicted molar refractivity (Wildman–Crippen MR) is 70.3 cm³/mol. The Morgan fingerprint density at radius 1 is 1.58 bits per heavy atom. The third-order valence-electron chi connectivity index (χ3n) is 2.99. The van der Waals surface area contributed by atoms with Crippen molar-refractivity contribution in [2.24, 2.45) is 0 Å². The number of hydrogen-bond donors (Lipinski definition) is 2. The molecule has 108 valence electrons. The first kappa shape index (κ1) is 14.4. The summed E-state index contributed by atoms with van der Waals surface area (Å²) in [5.74, 6) is 0. The topological polar surface area (TPSA) is 85.2 Å². The van der Waals surface area contributed by atoms with E-state index in [0.717, 1.165) is 19.4 Å². The van der Waals surface area contributed by atoms with Crippen molar-refractivity contribution in [2.45, 2.75) is 30.3 Å². The van der Waals surface area contributed by atoms with Gasteiger partial charge in [0.1, 0.15) is 4.90 Å². The minimum Gasteiger partial charge on any atom is -0.380 e. The maximum atomic E-state index is 12.2. The molecule has 0 aliphatic carbocycles. The van der Waals surface area contributed by atoms with E-state index in [9.17, 15) is 8.42 Å². The van der Waals surface area contributed by atoms with Crippen molar-refractivity contribution in [2.75, 3.05) is 26.8 Å². The molecule has 2 rings (SSSR count). The second kappa shape index (κ2) is 6.47. The molecule has 1 aliphatic rings. The summed E-state index contributed by atoms with van der Waals surface area (Å²) in [5, 5.41) is 7.03. The molecule has 0 bridgehead atoms. The Kier molecular flexibility index (Phi) is 4.92. The van der Waals surface area contributed by atoms with Crippen LogP contribution < -0.4 is 10.0 Å². The third kappa shape index (κ3) is 4.00. The number of sulfonamides is 1. The monoisotopic (exact) mass is 288 g/mol. The van der Waals surface area contributed by atoms with Crippen molar-refractivity contribution in [3.8, 4) is 0 Å². The summed E-state index contributed by atoms with van der Waals surface area (Å²) in [6, 6.07) is -0.139. The van der Waals surface area contributed by atoms with Crippen molar-refractivity contribution < 1.29 is 13.2 Å². The molecule has 0 radical (unpaired) electrons. The van der Waals surface area contributed by atoms with E-state index in [4.69, 9.17) is 4.74 Å². The van der Waals surface area contributed by atoms with Crippen LogP contribution in [0, 0.1) is 0 Å². The van der Waals surface area contributed by atoms with Crippen molar-refractivity contribution >= 4 is 10.0 Å². The first-order valence-electron chi connectivity index (χ1n) is 6.39. The molecule has 8 heteroatoms. The highest BCUT2D eigenvalue weighted by atomic mass is 32.2. The number of ether oxygens (including phenoxy) is 1. The zero-order chi connectivity index (χ0) is 13.7. The second-order valence-corrected chi connectivity index (χ2v) is 6.29. The molecule has 7 nitrogen and oxygen atoms in total. The molecule has 0 aromatic carbocycles. The van der Waals surface area contributed by atoms with Gasteiger partial charge in [-0.3, -0.25) is 4.68 Å². The number of nitrogens with zero attached hydrogens (tertiary/aromatic N) is 2. The smallest absolute Gasteiger partial charge is 0.244 e. The summed E-state index contributed by atoms with van der Waals surface area (Å²) < 4.78 is 33.8. The summed E-state index contributed by atoms with van der Waals surface area (Å²) in [5.41, 5.74) is 0. The van der Waals surface area contributed by atoms with Gasteiger partial charge in [-0.2, -0.15) is 5.10 Å². The number of aromatic nitrogens is 2. The lowest BCUT2D eigenvalue weighted by Crippen LogP contribution is -2.40. The summed E-state index contributed by atoms with van der Waals surface area (Å²) in [6.07, 6.45) is 4.62. The molecule has 1 aliphatic heterocycles. The Labute approximate surface area is 113 Å². The Bertz CT molecular complexity index is 494. The maximum Gasteiger partial charge on any atom is 0.244 e. The lowest BCUT2D eigenvalue weighted by Gasteiger charge is -2.22. The third-order valence-corrected chi connectivity index (χ3v) is 4.47. The van der Waals surface area contributed by atoms with Gasteiger partial charge in [-0.1, -0.05) is 0 Å². The highest BCUT2D eigenvalue weighted by molar-refractivity contribution is 7.89. The quantitative estimate of drug-likeness (QED) is 0.741. The SMILES string of the molecule is CNCCn1cc(S(=O)(=O)NC2CCCOC2)cn1. The van der Waals surface area contributed by atoms with E-state index in [2.05, 4.69) is 15.1 Å². The van der Waals surface area contributed by atoms with E-state index in [1.165, 1.54) is 6.20 Å². The lowest BCUT2D eigenvalue weighted by atomic mass is 10.1. The van der Waals surface area contributed by atoms with Crippen LogP contribution in [-0.4, -0.2) is 51.0 Å². The summed E-state index contributed by atoms with van der Waals surface area (Å²) in [4.78, 5) is 0.203. The molecular formula is C11H20N4O3S. The first-order chi connectivity index (χ1) is 9.12. The van der Waals surface area contributed by atoms with Gasteiger partial charge in [-0.25, -0.2) is 13.1 Å². The fraction of sp³-hybridized carbons (Fsp3) is 0.727. The zero-order valence-electron chi connectivity index (χ0n) is 11.0. The van der Waals surface area contributed by atoms with Crippen LogP contribution >= 0.6 is 0 Å². The largest absolute Gasteiger partial charge is 0.380 e. The van der Waals surface area contributed by atoms with E-state index in [-0.39, 0.29) is 10.9 Å². The summed E-state index contributed by atoms with van der Waals surface area (Å²) in [6.45, 7) is 2.52. The van der Waals surface area contributed by atoms with Gasteiger partial charge in [0.15, 0.2) is 0 Å². The minimum atomic E-state index is -3.50. The van der Waals surface area contributed by atoms with Gasteiger partial charge in [0, 0.05) is 25.4 Å². The van der Waals surface area contributed by atoms with Crippen molar-refractivity contribution in [3.05, 3.63) is 12.4 Å². The lowest BCUT2D eigenvalue weighted by molar-refractivity contribution is 0.0774. The average molecular weight is 288 g/mol. The van der Waals surface area contributed by atoms with Crippen molar-refractivity contribution in [1.29, 1.82) is 0 Å². The van der Waals surface area contributed by atoms with E-state index in [1.54, 1.807) is 10.9 Å². The highest BCUT2D eigenvalue weighted by Gasteiger charge is 2.23. The summed E-state index contributed by atoms with van der Waals surface area (Å²) >= 11 is 0. The predicted octanol–water partition coefficient (Wildman–Crippen LogP) is -0.440. The van der Waals surface area contributed by atoms with Gasteiger partial charge in [0.2, 0.25) is 10.0 Å². The first-order valence-corrected chi connectivity index (χ1v) is 7.87. The molecule has 1 aromatic rings. The van der Waals surface area contributed by atoms with Crippen LogP contribution in [0.25, 0.3) is 0 Å². The number of nitrogens with one attached hydrogen (secondary N) is 2. The van der Waals surface area contributed by atoms with Crippen LogP contribution in [0.4, 0.5) is 0 Å². The Balaban J connectivity index is 1.99. The molecule has 19 heavy (non-hydrogen) atoms. The average Bonchev–Trinajstić information content (AvgIpc) is 2.86.